The molecule has 9 nitrogen and oxygen atoms in total. The van der Waals surface area contributed by atoms with Crippen LogP contribution in [0.4, 0.5) is 17.3 Å². The standard InChI is InChI=1S/C27H28Cl3N5O4S/c1-2-12-40(37,38)16-34-10-8-17(9-11-34)19-7-6-18(13-23(19)30)32-27-31-14-20-25(33-27)39-15-35(26(20)36)24-21(28)4-3-5-22(24)29/h3-7,13-14,17H,2,8-12,15-16H2,1H3,(H,31,32,33). The average molecular weight is 625 g/mol. The van der Waals surface area contributed by atoms with Gasteiger partial charge in [-0.25, -0.2) is 13.4 Å². The molecule has 1 saturated heterocycles. The van der Waals surface area contributed by atoms with Crippen LogP contribution in [0.25, 0.3) is 0 Å². The maximum absolute atomic E-state index is 13.1. The average Bonchev–Trinajstić information content (AvgIpc) is 2.90. The number of carbonyl (C=O) groups excluding carboxylic acids is 1. The van der Waals surface area contributed by atoms with E-state index in [4.69, 9.17) is 39.5 Å². The highest BCUT2D eigenvalue weighted by Crippen LogP contribution is 2.38. The summed E-state index contributed by atoms with van der Waals surface area (Å²) in [5, 5.41) is 4.39. The molecule has 1 N–H and O–H groups in total. The van der Waals surface area contributed by atoms with Crippen LogP contribution >= 0.6 is 34.8 Å². The lowest BCUT2D eigenvalue weighted by Crippen LogP contribution is -2.39. The second-order valence-electron chi connectivity index (χ2n) is 9.82. The number of carbonyl (C=O) groups is 1. The molecule has 0 saturated carbocycles. The zero-order chi connectivity index (χ0) is 28.4. The molecule has 40 heavy (non-hydrogen) atoms. The van der Waals surface area contributed by atoms with E-state index in [1.807, 2.05) is 30.0 Å². The van der Waals surface area contributed by atoms with Crippen LogP contribution in [0.5, 0.6) is 5.88 Å². The minimum atomic E-state index is -3.05. The van der Waals surface area contributed by atoms with E-state index in [0.717, 1.165) is 18.4 Å². The number of anilines is 3. The Hall–Kier alpha value is -2.63. The van der Waals surface area contributed by atoms with Crippen molar-refractivity contribution in [3.05, 3.63) is 68.8 Å². The second kappa shape index (κ2) is 12.1. The number of benzene rings is 2. The fourth-order valence-electron chi connectivity index (χ4n) is 5.02. The summed E-state index contributed by atoms with van der Waals surface area (Å²) in [7, 11) is -3.05. The predicted octanol–water partition coefficient (Wildman–Crippen LogP) is 6.14. The number of hydrogen-bond donors (Lipinski definition) is 1. The number of sulfone groups is 1. The Morgan fingerprint density at radius 1 is 1.07 bits per heavy atom. The number of piperidine rings is 1. The third-order valence-electron chi connectivity index (χ3n) is 6.95. The SMILES string of the molecule is CCCS(=O)(=O)CN1CCC(c2ccc(Nc3ncc4c(n3)OCN(c3c(Cl)cccc3Cl)C4=O)cc2Cl)CC1. The van der Waals surface area contributed by atoms with E-state index < -0.39 is 9.84 Å². The first-order chi connectivity index (χ1) is 19.1. The highest BCUT2D eigenvalue weighted by molar-refractivity contribution is 7.91. The zero-order valence-electron chi connectivity index (χ0n) is 21.7. The molecule has 5 rings (SSSR count). The van der Waals surface area contributed by atoms with E-state index in [-0.39, 0.29) is 47.6 Å². The van der Waals surface area contributed by atoms with E-state index in [1.165, 1.54) is 11.1 Å². The van der Waals surface area contributed by atoms with Crippen LogP contribution in [-0.2, 0) is 9.84 Å². The molecule has 3 aromatic rings. The molecule has 3 heterocycles. The Morgan fingerprint density at radius 2 is 1.80 bits per heavy atom. The minimum Gasteiger partial charge on any atom is -0.455 e. The van der Waals surface area contributed by atoms with Crippen molar-refractivity contribution in [2.24, 2.45) is 0 Å². The summed E-state index contributed by atoms with van der Waals surface area (Å²) in [6.07, 6.45) is 3.70. The first kappa shape index (κ1) is 28.9. The lowest BCUT2D eigenvalue weighted by molar-refractivity contribution is 0.0932. The third kappa shape index (κ3) is 6.31. The molecular formula is C27H28Cl3N5O4S. The van der Waals surface area contributed by atoms with Crippen LogP contribution in [0, 0.1) is 0 Å². The summed E-state index contributed by atoms with van der Waals surface area (Å²) in [6.45, 7) is 3.21. The third-order valence-corrected chi connectivity index (χ3v) is 9.67. The number of halogens is 3. The first-order valence-corrected chi connectivity index (χ1v) is 15.9. The van der Waals surface area contributed by atoms with Crippen LogP contribution in [0.15, 0.2) is 42.6 Å². The van der Waals surface area contributed by atoms with Gasteiger partial charge in [-0.05, 0) is 68.1 Å². The van der Waals surface area contributed by atoms with Crippen molar-refractivity contribution in [3.8, 4) is 5.88 Å². The number of likely N-dealkylation sites (tertiary alicyclic amines) is 1. The van der Waals surface area contributed by atoms with Crippen LogP contribution in [0.3, 0.4) is 0 Å². The molecule has 1 amide bonds. The summed E-state index contributed by atoms with van der Waals surface area (Å²) in [6, 6.07) is 10.7. The fraction of sp³-hybridized carbons (Fsp3) is 0.370. The molecule has 1 fully saturated rings. The summed E-state index contributed by atoms with van der Waals surface area (Å²) in [5.74, 6) is 0.620. The minimum absolute atomic E-state index is 0.102. The van der Waals surface area contributed by atoms with Crippen molar-refractivity contribution in [1.82, 2.24) is 14.9 Å². The number of aromatic nitrogens is 2. The lowest BCUT2D eigenvalue weighted by Gasteiger charge is -2.32. The number of hydrogen-bond acceptors (Lipinski definition) is 8. The normalized spacial score (nSPS) is 16.5. The molecule has 1 aromatic heterocycles. The Morgan fingerprint density at radius 3 is 2.48 bits per heavy atom. The summed E-state index contributed by atoms with van der Waals surface area (Å²) >= 11 is 19.2. The fourth-order valence-corrected chi connectivity index (χ4v) is 7.52. The molecular weight excluding hydrogens is 597 g/mol. The molecule has 13 heteroatoms. The van der Waals surface area contributed by atoms with Gasteiger partial charge in [0.25, 0.3) is 5.91 Å². The molecule has 0 atom stereocenters. The zero-order valence-corrected chi connectivity index (χ0v) is 24.8. The smallest absolute Gasteiger partial charge is 0.268 e. The Balaban J connectivity index is 1.24. The Labute approximate surface area is 248 Å². The van der Waals surface area contributed by atoms with Crippen molar-refractivity contribution >= 4 is 67.9 Å². The van der Waals surface area contributed by atoms with E-state index in [2.05, 4.69) is 15.3 Å². The Bertz CT molecular complexity index is 1510. The predicted molar refractivity (Wildman–Crippen MR) is 158 cm³/mol. The van der Waals surface area contributed by atoms with Gasteiger partial charge in [0, 0.05) is 16.9 Å². The van der Waals surface area contributed by atoms with Gasteiger partial charge in [0.2, 0.25) is 11.8 Å². The van der Waals surface area contributed by atoms with Gasteiger partial charge in [0.15, 0.2) is 16.6 Å². The van der Waals surface area contributed by atoms with Gasteiger partial charge >= 0.3 is 0 Å². The van der Waals surface area contributed by atoms with Crippen molar-refractivity contribution in [3.63, 3.8) is 0 Å². The molecule has 0 spiro atoms. The number of nitrogens with one attached hydrogen (secondary N) is 1. The van der Waals surface area contributed by atoms with Gasteiger partial charge in [-0.2, -0.15) is 4.98 Å². The second-order valence-corrected chi connectivity index (χ2v) is 13.2. The Kier molecular flexibility index (Phi) is 8.72. The van der Waals surface area contributed by atoms with Gasteiger partial charge in [0.05, 0.1) is 21.5 Å². The number of ether oxygens (including phenoxy) is 1. The largest absolute Gasteiger partial charge is 0.455 e. The number of rotatable bonds is 8. The molecule has 0 unspecified atom stereocenters. The van der Waals surface area contributed by atoms with Gasteiger partial charge in [-0.1, -0.05) is 53.9 Å². The molecule has 0 bridgehead atoms. The van der Waals surface area contributed by atoms with E-state index >= 15 is 0 Å². The number of nitrogens with zero attached hydrogens (tertiary/aromatic N) is 4. The van der Waals surface area contributed by atoms with Crippen LogP contribution in [0.2, 0.25) is 15.1 Å². The number of fused-ring (bicyclic) bond motifs is 1. The maximum Gasteiger partial charge on any atom is 0.268 e. The van der Waals surface area contributed by atoms with Crippen LogP contribution < -0.4 is 15.0 Å². The highest BCUT2D eigenvalue weighted by Gasteiger charge is 2.31. The van der Waals surface area contributed by atoms with Gasteiger partial charge in [-0.15, -0.1) is 0 Å². The van der Waals surface area contributed by atoms with E-state index in [0.29, 0.717) is 46.0 Å². The summed E-state index contributed by atoms with van der Waals surface area (Å²) in [4.78, 5) is 25.1. The van der Waals surface area contributed by atoms with Gasteiger partial charge in [0.1, 0.15) is 11.4 Å². The number of para-hydroxylation sites is 1. The van der Waals surface area contributed by atoms with Crippen LogP contribution in [0.1, 0.15) is 48.0 Å². The molecule has 0 radical (unpaired) electrons. The quantitative estimate of drug-likeness (QED) is 0.319. The van der Waals surface area contributed by atoms with Crippen molar-refractivity contribution in [2.45, 2.75) is 32.1 Å². The van der Waals surface area contributed by atoms with Crippen molar-refractivity contribution in [1.29, 1.82) is 0 Å². The maximum atomic E-state index is 13.1. The number of amides is 1. The van der Waals surface area contributed by atoms with Crippen LogP contribution in [-0.4, -0.2) is 60.6 Å². The molecule has 212 valence electrons. The highest BCUT2D eigenvalue weighted by atomic mass is 35.5. The monoisotopic (exact) mass is 623 g/mol. The van der Waals surface area contributed by atoms with Crippen molar-refractivity contribution in [2.75, 3.05) is 41.7 Å². The van der Waals surface area contributed by atoms with Gasteiger partial charge < -0.3 is 10.1 Å². The topological polar surface area (TPSA) is 105 Å². The molecule has 2 aromatic carbocycles. The van der Waals surface area contributed by atoms with Gasteiger partial charge in [-0.3, -0.25) is 14.6 Å². The molecule has 2 aliphatic heterocycles. The van der Waals surface area contributed by atoms with E-state index in [1.54, 1.807) is 18.2 Å². The summed E-state index contributed by atoms with van der Waals surface area (Å²) in [5.41, 5.74) is 2.27. The first-order valence-electron chi connectivity index (χ1n) is 12.9. The molecule has 0 aliphatic carbocycles. The lowest BCUT2D eigenvalue weighted by atomic mass is 9.89. The molecule has 2 aliphatic rings. The van der Waals surface area contributed by atoms with E-state index in [9.17, 15) is 13.2 Å². The summed E-state index contributed by atoms with van der Waals surface area (Å²) < 4.78 is 30.1. The van der Waals surface area contributed by atoms with Crippen molar-refractivity contribution < 1.29 is 17.9 Å².